The first kappa shape index (κ1) is 32.6. The minimum Gasteiger partial charge on any atom is -0.354 e. The third kappa shape index (κ3) is 10.5. The lowest BCUT2D eigenvalue weighted by Gasteiger charge is -2.32. The van der Waals surface area contributed by atoms with Gasteiger partial charge < -0.3 is 10.2 Å². The molecule has 3 aromatic carbocycles. The summed E-state index contributed by atoms with van der Waals surface area (Å²) in [6.45, 7) is 4.86. The van der Waals surface area contributed by atoms with Gasteiger partial charge in [0.25, 0.3) is 0 Å². The second-order valence-electron chi connectivity index (χ2n) is 10.4. The van der Waals surface area contributed by atoms with Crippen LogP contribution in [-0.2, 0) is 32.6 Å². The van der Waals surface area contributed by atoms with Crippen molar-refractivity contribution >= 4 is 55.1 Å². The summed E-state index contributed by atoms with van der Waals surface area (Å²) in [6, 6.07) is 23.1. The van der Waals surface area contributed by atoms with Crippen molar-refractivity contribution in [2.75, 3.05) is 23.7 Å². The van der Waals surface area contributed by atoms with Gasteiger partial charge in [0.05, 0.1) is 11.9 Å². The van der Waals surface area contributed by atoms with Gasteiger partial charge in [0.1, 0.15) is 6.04 Å². The molecule has 41 heavy (non-hydrogen) atoms. The molecule has 0 bridgehead atoms. The van der Waals surface area contributed by atoms with E-state index in [9.17, 15) is 18.0 Å². The zero-order valence-electron chi connectivity index (χ0n) is 23.6. The fourth-order valence-corrected chi connectivity index (χ4v) is 6.03. The van der Waals surface area contributed by atoms with E-state index in [4.69, 9.17) is 11.6 Å². The Morgan fingerprint density at radius 2 is 1.63 bits per heavy atom. The highest BCUT2D eigenvalue weighted by molar-refractivity contribution is 9.10. The van der Waals surface area contributed by atoms with Crippen molar-refractivity contribution in [3.8, 4) is 0 Å². The Labute approximate surface area is 257 Å². The number of amides is 2. The number of nitrogens with one attached hydrogen (secondary N) is 1. The van der Waals surface area contributed by atoms with E-state index in [0.717, 1.165) is 21.9 Å². The van der Waals surface area contributed by atoms with Crippen molar-refractivity contribution in [2.45, 2.75) is 45.7 Å². The van der Waals surface area contributed by atoms with E-state index < -0.39 is 16.1 Å². The molecule has 7 nitrogen and oxygen atoms in total. The molecule has 0 aliphatic rings. The molecule has 0 heterocycles. The molecular formula is C31H37BrClN3O4S. The van der Waals surface area contributed by atoms with E-state index >= 15 is 0 Å². The minimum absolute atomic E-state index is 0.0589. The fraction of sp³-hybridized carbons (Fsp3) is 0.355. The van der Waals surface area contributed by atoms with Gasteiger partial charge in [0.15, 0.2) is 0 Å². The average Bonchev–Trinajstić information content (AvgIpc) is 2.91. The molecule has 10 heteroatoms. The van der Waals surface area contributed by atoms with Crippen LogP contribution in [0.3, 0.4) is 0 Å². The lowest BCUT2D eigenvalue weighted by Crippen LogP contribution is -2.51. The maximum Gasteiger partial charge on any atom is 0.243 e. The molecule has 0 saturated heterocycles. The number of halogens is 2. The Morgan fingerprint density at radius 1 is 0.951 bits per heavy atom. The predicted molar refractivity (Wildman–Crippen MR) is 169 cm³/mol. The lowest BCUT2D eigenvalue weighted by atomic mass is 10.0. The number of carbonyl (C=O) groups excluding carboxylic acids is 2. The molecule has 1 atom stereocenters. The number of benzene rings is 3. The summed E-state index contributed by atoms with van der Waals surface area (Å²) in [5.74, 6) is -0.202. The van der Waals surface area contributed by atoms with Gasteiger partial charge in [-0.1, -0.05) is 89.9 Å². The maximum atomic E-state index is 13.9. The Morgan fingerprint density at radius 3 is 2.27 bits per heavy atom. The van der Waals surface area contributed by atoms with Crippen LogP contribution in [0.4, 0.5) is 5.69 Å². The van der Waals surface area contributed by atoms with Crippen molar-refractivity contribution < 1.29 is 18.0 Å². The third-order valence-electron chi connectivity index (χ3n) is 6.45. The van der Waals surface area contributed by atoms with Crippen LogP contribution in [0.5, 0.6) is 0 Å². The number of anilines is 1. The SMILES string of the molecule is CC(C)CNC(=O)[C@H](Cc1ccccc1)N(Cc1cccc(Br)c1)C(=O)CCCN(c1cccc(Cl)c1)S(C)(=O)=O. The van der Waals surface area contributed by atoms with Crippen LogP contribution in [0.1, 0.15) is 37.8 Å². The van der Waals surface area contributed by atoms with Crippen LogP contribution < -0.4 is 9.62 Å². The zero-order valence-corrected chi connectivity index (χ0v) is 26.8. The molecule has 2 amide bonds. The second kappa shape index (κ2) is 15.4. The molecule has 0 aromatic heterocycles. The number of nitrogens with zero attached hydrogens (tertiary/aromatic N) is 2. The van der Waals surface area contributed by atoms with Gasteiger partial charge in [-0.15, -0.1) is 0 Å². The van der Waals surface area contributed by atoms with Crippen LogP contribution >= 0.6 is 27.5 Å². The van der Waals surface area contributed by atoms with E-state index in [2.05, 4.69) is 21.2 Å². The Bertz CT molecular complexity index is 1420. The van der Waals surface area contributed by atoms with Crippen molar-refractivity contribution in [1.29, 1.82) is 0 Å². The van der Waals surface area contributed by atoms with Crippen molar-refractivity contribution in [1.82, 2.24) is 10.2 Å². The van der Waals surface area contributed by atoms with E-state index in [1.54, 1.807) is 29.2 Å². The zero-order chi connectivity index (χ0) is 30.0. The summed E-state index contributed by atoms with van der Waals surface area (Å²) in [5.41, 5.74) is 2.25. The minimum atomic E-state index is -3.61. The first-order valence-corrected chi connectivity index (χ1v) is 16.5. The molecule has 0 radical (unpaired) electrons. The summed E-state index contributed by atoms with van der Waals surface area (Å²) >= 11 is 9.60. The first-order chi connectivity index (χ1) is 19.4. The second-order valence-corrected chi connectivity index (χ2v) is 13.7. The summed E-state index contributed by atoms with van der Waals surface area (Å²) in [6.07, 6.45) is 1.80. The third-order valence-corrected chi connectivity index (χ3v) is 8.37. The van der Waals surface area contributed by atoms with Crippen LogP contribution in [0, 0.1) is 5.92 Å². The van der Waals surface area contributed by atoms with Crippen LogP contribution in [0.15, 0.2) is 83.3 Å². The summed E-state index contributed by atoms with van der Waals surface area (Å²) in [7, 11) is -3.61. The molecular weight excluding hydrogens is 626 g/mol. The van der Waals surface area contributed by atoms with E-state index in [0.29, 0.717) is 23.7 Å². The topological polar surface area (TPSA) is 86.8 Å². The van der Waals surface area contributed by atoms with E-state index in [1.165, 1.54) is 4.31 Å². The Balaban J connectivity index is 1.88. The highest BCUT2D eigenvalue weighted by Crippen LogP contribution is 2.23. The first-order valence-electron chi connectivity index (χ1n) is 13.5. The van der Waals surface area contributed by atoms with E-state index in [1.807, 2.05) is 68.4 Å². The smallest absolute Gasteiger partial charge is 0.243 e. The quantitative estimate of drug-likeness (QED) is 0.227. The molecule has 3 aromatic rings. The molecule has 220 valence electrons. The molecule has 0 aliphatic heterocycles. The maximum absolute atomic E-state index is 13.9. The standard InChI is InChI=1S/C31H37BrClN3O4S/c1-23(2)21-34-31(38)29(19-24-10-5-4-6-11-24)35(22-25-12-7-13-26(32)18-25)30(37)16-9-17-36(41(3,39)40)28-15-8-14-27(33)20-28/h4-8,10-15,18,20,23,29H,9,16-17,19,21-22H2,1-3H3,(H,34,38)/t29-/m0/s1. The highest BCUT2D eigenvalue weighted by Gasteiger charge is 2.30. The number of hydrogen-bond donors (Lipinski definition) is 1. The van der Waals surface area contributed by atoms with Gasteiger partial charge in [-0.25, -0.2) is 8.42 Å². The monoisotopic (exact) mass is 661 g/mol. The van der Waals surface area contributed by atoms with Gasteiger partial charge in [-0.2, -0.15) is 0 Å². The molecule has 1 N–H and O–H groups in total. The fourth-order valence-electron chi connectivity index (χ4n) is 4.44. The molecule has 0 aliphatic carbocycles. The predicted octanol–water partition coefficient (Wildman–Crippen LogP) is 6.06. The average molecular weight is 663 g/mol. The number of carbonyl (C=O) groups is 2. The molecule has 0 saturated carbocycles. The molecule has 3 rings (SSSR count). The van der Waals surface area contributed by atoms with E-state index in [-0.39, 0.29) is 43.7 Å². The van der Waals surface area contributed by atoms with Crippen LogP contribution in [-0.4, -0.2) is 50.5 Å². The normalized spacial score (nSPS) is 12.1. The van der Waals surface area contributed by atoms with Gasteiger partial charge in [-0.3, -0.25) is 13.9 Å². The van der Waals surface area contributed by atoms with Crippen molar-refractivity contribution in [3.63, 3.8) is 0 Å². The number of rotatable bonds is 14. The number of sulfonamides is 1. The van der Waals surface area contributed by atoms with Gasteiger partial charge in [0.2, 0.25) is 21.8 Å². The molecule has 0 spiro atoms. The Hall–Kier alpha value is -2.88. The highest BCUT2D eigenvalue weighted by atomic mass is 79.9. The lowest BCUT2D eigenvalue weighted by molar-refractivity contribution is -0.141. The van der Waals surface area contributed by atoms with Gasteiger partial charge >= 0.3 is 0 Å². The van der Waals surface area contributed by atoms with Gasteiger partial charge in [-0.05, 0) is 53.8 Å². The van der Waals surface area contributed by atoms with Crippen molar-refractivity contribution in [3.05, 3.63) is 99.5 Å². The molecule has 0 fully saturated rings. The summed E-state index contributed by atoms with van der Waals surface area (Å²) < 4.78 is 27.3. The number of hydrogen-bond acceptors (Lipinski definition) is 4. The summed E-state index contributed by atoms with van der Waals surface area (Å²) in [5, 5.41) is 3.43. The summed E-state index contributed by atoms with van der Waals surface area (Å²) in [4.78, 5) is 29.1. The van der Waals surface area contributed by atoms with Crippen LogP contribution in [0.25, 0.3) is 0 Å². The largest absolute Gasteiger partial charge is 0.354 e. The Kier molecular flexibility index (Phi) is 12.2. The van der Waals surface area contributed by atoms with Crippen LogP contribution in [0.2, 0.25) is 5.02 Å². The molecule has 0 unspecified atom stereocenters. The van der Waals surface area contributed by atoms with Crippen molar-refractivity contribution in [2.24, 2.45) is 5.92 Å². The van der Waals surface area contributed by atoms with Gasteiger partial charge in [0, 0.05) is 42.0 Å².